The van der Waals surface area contributed by atoms with Crippen LogP contribution in [0.25, 0.3) is 0 Å². The Morgan fingerprint density at radius 2 is 2.06 bits per heavy atom. The topological polar surface area (TPSA) is 46.6 Å². The Morgan fingerprint density at radius 1 is 1.44 bits per heavy atom. The summed E-state index contributed by atoms with van der Waals surface area (Å²) < 4.78 is 32.0. The third-order valence-corrected chi connectivity index (χ3v) is 6.14. The standard InChI is InChI=1S/C9H12BrNO3S2/c1-7-8(6-9(10)15-7)16(12,13)11-2-4-14-5-3-11/h6H,2-5H2,1H3. The lowest BCUT2D eigenvalue weighted by Crippen LogP contribution is -2.40. The monoisotopic (exact) mass is 325 g/mol. The zero-order valence-electron chi connectivity index (χ0n) is 8.77. The number of hydrogen-bond acceptors (Lipinski definition) is 4. The van der Waals surface area contributed by atoms with Crippen molar-refractivity contribution in [2.45, 2.75) is 11.8 Å². The van der Waals surface area contributed by atoms with Crippen LogP contribution in [0.3, 0.4) is 0 Å². The minimum Gasteiger partial charge on any atom is -0.379 e. The molecule has 0 amide bonds. The number of nitrogens with zero attached hydrogens (tertiary/aromatic N) is 1. The van der Waals surface area contributed by atoms with Crippen LogP contribution in [0.5, 0.6) is 0 Å². The maximum atomic E-state index is 12.3. The molecule has 0 bridgehead atoms. The second-order valence-corrected chi connectivity index (χ2v) is 8.03. The van der Waals surface area contributed by atoms with Gasteiger partial charge in [0.1, 0.15) is 0 Å². The minimum absolute atomic E-state index is 0.409. The van der Waals surface area contributed by atoms with E-state index >= 15 is 0 Å². The van der Waals surface area contributed by atoms with E-state index in [1.807, 2.05) is 6.92 Å². The zero-order valence-corrected chi connectivity index (χ0v) is 12.0. The van der Waals surface area contributed by atoms with E-state index in [0.717, 1.165) is 8.66 Å². The van der Waals surface area contributed by atoms with Gasteiger partial charge in [-0.05, 0) is 28.9 Å². The first-order chi connectivity index (χ1) is 7.51. The molecule has 1 fully saturated rings. The van der Waals surface area contributed by atoms with Gasteiger partial charge in [0.2, 0.25) is 10.0 Å². The van der Waals surface area contributed by atoms with E-state index in [0.29, 0.717) is 31.2 Å². The Kier molecular flexibility index (Phi) is 3.70. The second-order valence-electron chi connectivity index (χ2n) is 3.49. The Balaban J connectivity index is 2.34. The van der Waals surface area contributed by atoms with Crippen molar-refractivity contribution in [3.05, 3.63) is 14.7 Å². The van der Waals surface area contributed by atoms with Crippen molar-refractivity contribution >= 4 is 37.3 Å². The summed E-state index contributed by atoms with van der Waals surface area (Å²) in [6.07, 6.45) is 0. The summed E-state index contributed by atoms with van der Waals surface area (Å²) in [7, 11) is -3.34. The molecule has 0 saturated carbocycles. The zero-order chi connectivity index (χ0) is 11.8. The van der Waals surface area contributed by atoms with E-state index in [2.05, 4.69) is 15.9 Å². The fourth-order valence-electron chi connectivity index (χ4n) is 1.61. The summed E-state index contributed by atoms with van der Waals surface area (Å²) in [5.74, 6) is 0. The highest BCUT2D eigenvalue weighted by Gasteiger charge is 2.28. The van der Waals surface area contributed by atoms with Crippen molar-refractivity contribution in [1.82, 2.24) is 4.31 Å². The number of ether oxygens (including phenoxy) is 1. The van der Waals surface area contributed by atoms with E-state index in [9.17, 15) is 8.42 Å². The summed E-state index contributed by atoms with van der Waals surface area (Å²) >= 11 is 4.75. The third-order valence-electron chi connectivity index (χ3n) is 2.43. The van der Waals surface area contributed by atoms with Gasteiger partial charge in [-0.25, -0.2) is 8.42 Å². The highest BCUT2D eigenvalue weighted by atomic mass is 79.9. The van der Waals surface area contributed by atoms with Crippen LogP contribution in [0.4, 0.5) is 0 Å². The van der Waals surface area contributed by atoms with Crippen molar-refractivity contribution in [2.24, 2.45) is 0 Å². The largest absolute Gasteiger partial charge is 0.379 e. The lowest BCUT2D eigenvalue weighted by atomic mass is 10.5. The van der Waals surface area contributed by atoms with Crippen LogP contribution < -0.4 is 0 Å². The van der Waals surface area contributed by atoms with Crippen molar-refractivity contribution in [3.8, 4) is 0 Å². The first kappa shape index (κ1) is 12.5. The van der Waals surface area contributed by atoms with E-state index in [4.69, 9.17) is 4.74 Å². The molecule has 2 rings (SSSR count). The quantitative estimate of drug-likeness (QED) is 0.833. The van der Waals surface area contributed by atoms with Gasteiger partial charge in [-0.3, -0.25) is 0 Å². The van der Waals surface area contributed by atoms with Crippen LogP contribution in [0.15, 0.2) is 14.7 Å². The van der Waals surface area contributed by atoms with Gasteiger partial charge in [0.25, 0.3) is 0 Å². The molecule has 0 spiro atoms. The highest BCUT2D eigenvalue weighted by molar-refractivity contribution is 9.11. The fraction of sp³-hybridized carbons (Fsp3) is 0.556. The average molecular weight is 326 g/mol. The number of thiophene rings is 1. The lowest BCUT2D eigenvalue weighted by molar-refractivity contribution is 0.0730. The van der Waals surface area contributed by atoms with E-state index in [1.165, 1.54) is 15.6 Å². The first-order valence-electron chi connectivity index (χ1n) is 4.85. The molecular formula is C9H12BrNO3S2. The second kappa shape index (κ2) is 4.73. The van der Waals surface area contributed by atoms with Crippen molar-refractivity contribution in [2.75, 3.05) is 26.3 Å². The summed E-state index contributed by atoms with van der Waals surface area (Å²) in [5.41, 5.74) is 0. The molecule has 7 heteroatoms. The molecule has 0 atom stereocenters. The van der Waals surface area contributed by atoms with Gasteiger partial charge in [0.15, 0.2) is 0 Å². The predicted octanol–water partition coefficient (Wildman–Crippen LogP) is 1.84. The molecule has 1 aromatic rings. The SMILES string of the molecule is Cc1sc(Br)cc1S(=O)(=O)N1CCOCC1. The summed E-state index contributed by atoms with van der Waals surface area (Å²) in [6.45, 7) is 3.65. The molecule has 16 heavy (non-hydrogen) atoms. The van der Waals surface area contributed by atoms with Crippen LogP contribution in [-0.2, 0) is 14.8 Å². The molecule has 1 saturated heterocycles. The Hall–Kier alpha value is 0.0500. The Morgan fingerprint density at radius 3 is 2.56 bits per heavy atom. The molecule has 0 unspecified atom stereocenters. The molecule has 0 N–H and O–H groups in total. The molecule has 2 heterocycles. The van der Waals surface area contributed by atoms with Crippen molar-refractivity contribution in [3.63, 3.8) is 0 Å². The maximum absolute atomic E-state index is 12.3. The summed E-state index contributed by atoms with van der Waals surface area (Å²) in [5, 5.41) is 0. The van der Waals surface area contributed by atoms with Crippen LogP contribution in [0, 0.1) is 6.92 Å². The van der Waals surface area contributed by atoms with E-state index < -0.39 is 10.0 Å². The first-order valence-corrected chi connectivity index (χ1v) is 7.90. The predicted molar refractivity (Wildman–Crippen MR) is 66.3 cm³/mol. The van der Waals surface area contributed by atoms with Gasteiger partial charge in [-0.15, -0.1) is 11.3 Å². The highest BCUT2D eigenvalue weighted by Crippen LogP contribution is 2.31. The minimum atomic E-state index is -3.34. The maximum Gasteiger partial charge on any atom is 0.244 e. The number of sulfonamides is 1. The molecule has 4 nitrogen and oxygen atoms in total. The van der Waals surface area contributed by atoms with Gasteiger partial charge in [-0.2, -0.15) is 4.31 Å². The number of halogens is 1. The number of aryl methyl sites for hydroxylation is 1. The van der Waals surface area contributed by atoms with Gasteiger partial charge in [-0.1, -0.05) is 0 Å². The number of hydrogen-bond donors (Lipinski definition) is 0. The molecule has 1 aromatic heterocycles. The van der Waals surface area contributed by atoms with Crippen LogP contribution in [-0.4, -0.2) is 39.0 Å². The van der Waals surface area contributed by atoms with Crippen LogP contribution in [0.2, 0.25) is 0 Å². The van der Waals surface area contributed by atoms with Crippen molar-refractivity contribution < 1.29 is 13.2 Å². The van der Waals surface area contributed by atoms with Gasteiger partial charge in [0, 0.05) is 18.0 Å². The third kappa shape index (κ3) is 2.33. The molecule has 1 aliphatic heterocycles. The Bertz CT molecular complexity index is 477. The number of morpholine rings is 1. The molecule has 0 radical (unpaired) electrons. The summed E-state index contributed by atoms with van der Waals surface area (Å²) in [4.78, 5) is 1.23. The lowest BCUT2D eigenvalue weighted by Gasteiger charge is -2.25. The van der Waals surface area contributed by atoms with E-state index in [-0.39, 0.29) is 0 Å². The van der Waals surface area contributed by atoms with Gasteiger partial charge in [0.05, 0.1) is 21.9 Å². The Labute approximate surface area is 107 Å². The number of rotatable bonds is 2. The van der Waals surface area contributed by atoms with Crippen LogP contribution in [0.1, 0.15) is 4.88 Å². The van der Waals surface area contributed by atoms with Crippen molar-refractivity contribution in [1.29, 1.82) is 0 Å². The molecule has 0 aromatic carbocycles. The van der Waals surface area contributed by atoms with E-state index in [1.54, 1.807) is 6.07 Å². The normalized spacial score (nSPS) is 18.9. The average Bonchev–Trinajstić information content (AvgIpc) is 2.60. The smallest absolute Gasteiger partial charge is 0.244 e. The molecule has 90 valence electrons. The molecule has 0 aliphatic carbocycles. The fourth-order valence-corrected chi connectivity index (χ4v) is 5.40. The van der Waals surface area contributed by atoms with Crippen LogP contribution >= 0.6 is 27.3 Å². The van der Waals surface area contributed by atoms with Gasteiger partial charge >= 0.3 is 0 Å². The summed E-state index contributed by atoms with van der Waals surface area (Å²) in [6, 6.07) is 1.67. The molecular weight excluding hydrogens is 314 g/mol. The van der Waals surface area contributed by atoms with Gasteiger partial charge < -0.3 is 4.74 Å². The molecule has 1 aliphatic rings.